The smallest absolute Gasteiger partial charge is 0.410 e. The fourth-order valence-corrected chi connectivity index (χ4v) is 3.82. The second-order valence-electron chi connectivity index (χ2n) is 7.42. The first-order valence-corrected chi connectivity index (χ1v) is 8.70. The number of piperidine rings is 1. The van der Waals surface area contributed by atoms with Crippen LogP contribution in [0.1, 0.15) is 46.1 Å². The number of amides is 1. The van der Waals surface area contributed by atoms with E-state index in [4.69, 9.17) is 4.74 Å². The molecule has 0 radical (unpaired) electrons. The van der Waals surface area contributed by atoms with Gasteiger partial charge in [0.2, 0.25) is 0 Å². The zero-order valence-corrected chi connectivity index (χ0v) is 15.7. The molecule has 1 aliphatic heterocycles. The molecule has 0 bridgehead atoms. The van der Waals surface area contributed by atoms with Crippen molar-refractivity contribution < 1.29 is 9.53 Å². The van der Waals surface area contributed by atoms with Crippen LogP contribution >= 0.6 is 15.9 Å². The van der Waals surface area contributed by atoms with Crippen LogP contribution in [0.2, 0.25) is 0 Å². The lowest BCUT2D eigenvalue weighted by atomic mass is 9.75. The van der Waals surface area contributed by atoms with Gasteiger partial charge in [-0.25, -0.2) is 4.79 Å². The standard InChI is InChI=1S/C18H26BrNO2/c1-12-10-20(17(21)22-18(3,4)5)11-13(2)16(12)14-7-6-8-15(19)9-14/h6-9,12-13,16H,10-11H2,1-5H3/t12-,13+,16?. The van der Waals surface area contributed by atoms with Crippen molar-refractivity contribution in [3.8, 4) is 0 Å². The van der Waals surface area contributed by atoms with Gasteiger partial charge < -0.3 is 9.64 Å². The van der Waals surface area contributed by atoms with E-state index in [9.17, 15) is 4.79 Å². The van der Waals surface area contributed by atoms with E-state index in [0.717, 1.165) is 17.6 Å². The van der Waals surface area contributed by atoms with Gasteiger partial charge in [-0.05, 0) is 56.2 Å². The molecule has 1 fully saturated rings. The molecule has 122 valence electrons. The van der Waals surface area contributed by atoms with Gasteiger partial charge in [0.25, 0.3) is 0 Å². The number of hydrogen-bond donors (Lipinski definition) is 0. The minimum absolute atomic E-state index is 0.195. The first-order chi connectivity index (χ1) is 10.2. The Labute approximate surface area is 142 Å². The van der Waals surface area contributed by atoms with Crippen LogP contribution in [0.5, 0.6) is 0 Å². The van der Waals surface area contributed by atoms with Crippen molar-refractivity contribution in [1.82, 2.24) is 4.90 Å². The molecule has 1 aromatic rings. The van der Waals surface area contributed by atoms with Gasteiger partial charge in [0.15, 0.2) is 0 Å². The van der Waals surface area contributed by atoms with Gasteiger partial charge >= 0.3 is 6.09 Å². The van der Waals surface area contributed by atoms with E-state index in [2.05, 4.69) is 54.0 Å². The van der Waals surface area contributed by atoms with Gasteiger partial charge in [-0.2, -0.15) is 0 Å². The van der Waals surface area contributed by atoms with Crippen molar-refractivity contribution in [2.45, 2.75) is 46.1 Å². The molecule has 4 heteroatoms. The predicted octanol–water partition coefficient (Wildman–Crippen LogP) is 5.06. The molecule has 3 atom stereocenters. The number of hydrogen-bond acceptors (Lipinski definition) is 2. The summed E-state index contributed by atoms with van der Waals surface area (Å²) < 4.78 is 6.62. The van der Waals surface area contributed by atoms with Crippen LogP contribution in [-0.2, 0) is 4.74 Å². The number of carbonyl (C=O) groups excluding carboxylic acids is 1. The topological polar surface area (TPSA) is 29.5 Å². The molecule has 2 rings (SSSR count). The highest BCUT2D eigenvalue weighted by molar-refractivity contribution is 9.10. The molecule has 0 spiro atoms. The first kappa shape index (κ1) is 17.3. The summed E-state index contributed by atoms with van der Waals surface area (Å²) in [4.78, 5) is 14.2. The minimum atomic E-state index is -0.440. The number of ether oxygens (including phenoxy) is 1. The predicted molar refractivity (Wildman–Crippen MR) is 93.0 cm³/mol. The molecule has 1 saturated heterocycles. The van der Waals surface area contributed by atoms with Gasteiger partial charge in [0, 0.05) is 17.6 Å². The Morgan fingerprint density at radius 1 is 1.23 bits per heavy atom. The van der Waals surface area contributed by atoms with E-state index in [1.165, 1.54) is 5.56 Å². The summed E-state index contributed by atoms with van der Waals surface area (Å²) in [6.45, 7) is 11.7. The number of benzene rings is 1. The lowest BCUT2D eigenvalue weighted by Crippen LogP contribution is -2.48. The Bertz CT molecular complexity index is 526. The van der Waals surface area contributed by atoms with Crippen LogP contribution in [0.3, 0.4) is 0 Å². The fraction of sp³-hybridized carbons (Fsp3) is 0.611. The quantitative estimate of drug-likeness (QED) is 0.694. The zero-order chi connectivity index (χ0) is 16.5. The van der Waals surface area contributed by atoms with Gasteiger partial charge in [-0.1, -0.05) is 41.9 Å². The van der Waals surface area contributed by atoms with Crippen molar-refractivity contribution in [1.29, 1.82) is 0 Å². The largest absolute Gasteiger partial charge is 0.444 e. The Morgan fingerprint density at radius 3 is 2.32 bits per heavy atom. The second-order valence-corrected chi connectivity index (χ2v) is 8.34. The van der Waals surface area contributed by atoms with E-state index in [0.29, 0.717) is 17.8 Å². The van der Waals surface area contributed by atoms with E-state index in [1.807, 2.05) is 25.7 Å². The van der Waals surface area contributed by atoms with Crippen molar-refractivity contribution in [2.75, 3.05) is 13.1 Å². The Balaban J connectivity index is 2.11. The van der Waals surface area contributed by atoms with Gasteiger partial charge in [0.05, 0.1) is 0 Å². The van der Waals surface area contributed by atoms with Crippen LogP contribution < -0.4 is 0 Å². The number of nitrogens with zero attached hydrogens (tertiary/aromatic N) is 1. The maximum absolute atomic E-state index is 12.3. The third-order valence-electron chi connectivity index (χ3n) is 4.13. The highest BCUT2D eigenvalue weighted by Gasteiger charge is 2.36. The highest BCUT2D eigenvalue weighted by Crippen LogP contribution is 2.38. The minimum Gasteiger partial charge on any atom is -0.444 e. The van der Waals surface area contributed by atoms with Crippen molar-refractivity contribution >= 4 is 22.0 Å². The summed E-state index contributed by atoms with van der Waals surface area (Å²) in [5.74, 6) is 1.28. The summed E-state index contributed by atoms with van der Waals surface area (Å²) in [7, 11) is 0. The van der Waals surface area contributed by atoms with Crippen LogP contribution in [0.4, 0.5) is 4.79 Å². The third-order valence-corrected chi connectivity index (χ3v) is 4.62. The molecule has 22 heavy (non-hydrogen) atoms. The molecule has 1 amide bonds. The summed E-state index contributed by atoms with van der Waals surface area (Å²) in [6, 6.07) is 8.51. The van der Waals surface area contributed by atoms with E-state index in [-0.39, 0.29) is 6.09 Å². The fourth-order valence-electron chi connectivity index (χ4n) is 3.40. The molecule has 0 saturated carbocycles. The number of halogens is 1. The maximum atomic E-state index is 12.3. The van der Waals surface area contributed by atoms with E-state index in [1.54, 1.807) is 0 Å². The molecule has 1 heterocycles. The van der Waals surface area contributed by atoms with E-state index >= 15 is 0 Å². The Hall–Kier alpha value is -1.03. The van der Waals surface area contributed by atoms with E-state index < -0.39 is 5.60 Å². The summed E-state index contributed by atoms with van der Waals surface area (Å²) in [5, 5.41) is 0. The first-order valence-electron chi connectivity index (χ1n) is 7.91. The molecule has 1 aromatic carbocycles. The SMILES string of the molecule is C[C@@H]1CN(C(=O)OC(C)(C)C)C[C@H](C)C1c1cccc(Br)c1. The number of rotatable bonds is 1. The summed E-state index contributed by atoms with van der Waals surface area (Å²) >= 11 is 3.55. The molecule has 0 N–H and O–H groups in total. The van der Waals surface area contributed by atoms with Crippen molar-refractivity contribution in [3.63, 3.8) is 0 Å². The summed E-state index contributed by atoms with van der Waals surface area (Å²) in [6.07, 6.45) is -0.195. The second kappa shape index (κ2) is 6.61. The Morgan fingerprint density at radius 2 is 1.82 bits per heavy atom. The molecule has 3 nitrogen and oxygen atoms in total. The average molecular weight is 368 g/mol. The molecule has 1 unspecified atom stereocenters. The Kier molecular flexibility index (Phi) is 5.21. The normalized spacial score (nSPS) is 25.9. The molecule has 1 aliphatic rings. The zero-order valence-electron chi connectivity index (χ0n) is 14.1. The molecular weight excluding hydrogens is 342 g/mol. The van der Waals surface area contributed by atoms with Crippen LogP contribution in [0.15, 0.2) is 28.7 Å². The van der Waals surface area contributed by atoms with Crippen LogP contribution in [0.25, 0.3) is 0 Å². The monoisotopic (exact) mass is 367 g/mol. The van der Waals surface area contributed by atoms with Crippen molar-refractivity contribution in [3.05, 3.63) is 34.3 Å². The lowest BCUT2D eigenvalue weighted by Gasteiger charge is -2.42. The molecule has 0 aromatic heterocycles. The molecular formula is C18H26BrNO2. The summed E-state index contributed by atoms with van der Waals surface area (Å²) in [5.41, 5.74) is 0.906. The lowest BCUT2D eigenvalue weighted by molar-refractivity contribution is 0.00862. The van der Waals surface area contributed by atoms with Gasteiger partial charge in [-0.3, -0.25) is 0 Å². The van der Waals surface area contributed by atoms with Crippen LogP contribution in [-0.4, -0.2) is 29.7 Å². The average Bonchev–Trinajstić information content (AvgIpc) is 2.35. The number of carbonyl (C=O) groups is 1. The third kappa shape index (κ3) is 4.25. The maximum Gasteiger partial charge on any atom is 0.410 e. The van der Waals surface area contributed by atoms with Gasteiger partial charge in [0.1, 0.15) is 5.60 Å². The molecule has 0 aliphatic carbocycles. The highest BCUT2D eigenvalue weighted by atomic mass is 79.9. The van der Waals surface area contributed by atoms with Crippen LogP contribution in [0, 0.1) is 11.8 Å². The number of likely N-dealkylation sites (tertiary alicyclic amines) is 1. The van der Waals surface area contributed by atoms with Crippen molar-refractivity contribution in [2.24, 2.45) is 11.8 Å². The van der Waals surface area contributed by atoms with Gasteiger partial charge in [-0.15, -0.1) is 0 Å².